The first-order chi connectivity index (χ1) is 11.3. The van der Waals surface area contributed by atoms with Gasteiger partial charge in [0.25, 0.3) is 0 Å². The number of hydrogen-bond donors (Lipinski definition) is 0. The summed E-state index contributed by atoms with van der Waals surface area (Å²) in [4.78, 5) is 13.3. The molecule has 0 N–H and O–H groups in total. The maximum Gasteiger partial charge on any atom is 0.389 e. The van der Waals surface area contributed by atoms with E-state index in [-0.39, 0.29) is 17.9 Å². The van der Waals surface area contributed by atoms with Crippen LogP contribution in [-0.2, 0) is 11.2 Å². The summed E-state index contributed by atoms with van der Waals surface area (Å²) in [6.45, 7) is 0.800. The summed E-state index contributed by atoms with van der Waals surface area (Å²) in [6.07, 6.45) is -3.78. The molecule has 1 fully saturated rings. The number of carbonyl (C=O) groups excluding carboxylic acids is 1. The lowest BCUT2D eigenvalue weighted by Crippen LogP contribution is -2.40. The van der Waals surface area contributed by atoms with Crippen molar-refractivity contribution in [3.8, 4) is 0 Å². The number of halogens is 5. The Labute approximate surface area is 137 Å². The van der Waals surface area contributed by atoms with Crippen LogP contribution in [0.5, 0.6) is 0 Å². The summed E-state index contributed by atoms with van der Waals surface area (Å²) < 4.78 is 63.8. The van der Waals surface area contributed by atoms with Gasteiger partial charge < -0.3 is 4.90 Å². The Morgan fingerprint density at radius 3 is 2.50 bits per heavy atom. The van der Waals surface area contributed by atoms with Crippen LogP contribution < -0.4 is 0 Å². The molecule has 134 valence electrons. The van der Waals surface area contributed by atoms with Gasteiger partial charge in [-0.25, -0.2) is 8.78 Å². The highest BCUT2D eigenvalue weighted by Crippen LogP contribution is 2.26. The van der Waals surface area contributed by atoms with Gasteiger partial charge in [0.1, 0.15) is 11.6 Å². The average molecular weight is 349 g/mol. The normalized spacial score (nSPS) is 18.7. The SMILES string of the molecule is O=C(CCC(F)(F)F)N1CCCC(CCc2c(F)cccc2F)C1. The Bertz CT molecular complexity index is 552. The molecule has 0 aliphatic carbocycles. The van der Waals surface area contributed by atoms with Crippen molar-refractivity contribution in [1.29, 1.82) is 0 Å². The van der Waals surface area contributed by atoms with Gasteiger partial charge in [0.2, 0.25) is 5.91 Å². The zero-order valence-electron chi connectivity index (χ0n) is 13.2. The molecule has 1 saturated heterocycles. The summed E-state index contributed by atoms with van der Waals surface area (Å²) in [5, 5.41) is 0. The largest absolute Gasteiger partial charge is 0.389 e. The van der Waals surface area contributed by atoms with Crippen molar-refractivity contribution in [2.45, 2.75) is 44.7 Å². The van der Waals surface area contributed by atoms with Gasteiger partial charge in [-0.05, 0) is 43.7 Å². The molecule has 0 aromatic heterocycles. The van der Waals surface area contributed by atoms with Crippen molar-refractivity contribution >= 4 is 5.91 Å². The molecule has 2 rings (SSSR count). The van der Waals surface area contributed by atoms with Crippen LogP contribution in [0.15, 0.2) is 18.2 Å². The van der Waals surface area contributed by atoms with E-state index in [4.69, 9.17) is 0 Å². The Morgan fingerprint density at radius 2 is 1.88 bits per heavy atom. The first-order valence-corrected chi connectivity index (χ1v) is 8.03. The van der Waals surface area contributed by atoms with E-state index in [1.807, 2.05) is 0 Å². The number of rotatable bonds is 5. The van der Waals surface area contributed by atoms with Crippen LogP contribution in [0.3, 0.4) is 0 Å². The first-order valence-electron chi connectivity index (χ1n) is 8.03. The summed E-state index contributed by atoms with van der Waals surface area (Å²) in [5.74, 6) is -1.64. The zero-order chi connectivity index (χ0) is 17.7. The summed E-state index contributed by atoms with van der Waals surface area (Å²) >= 11 is 0. The molecule has 1 amide bonds. The number of hydrogen-bond acceptors (Lipinski definition) is 1. The molecule has 7 heteroatoms. The van der Waals surface area contributed by atoms with Gasteiger partial charge in [-0.1, -0.05) is 6.07 Å². The zero-order valence-corrected chi connectivity index (χ0v) is 13.2. The molecule has 1 aromatic rings. The van der Waals surface area contributed by atoms with Crippen LogP contribution in [-0.4, -0.2) is 30.1 Å². The fraction of sp³-hybridized carbons (Fsp3) is 0.588. The number of amides is 1. The molecule has 1 unspecified atom stereocenters. The van der Waals surface area contributed by atoms with Crippen molar-refractivity contribution in [3.63, 3.8) is 0 Å². The van der Waals surface area contributed by atoms with Crippen molar-refractivity contribution in [2.24, 2.45) is 5.92 Å². The van der Waals surface area contributed by atoms with E-state index in [2.05, 4.69) is 0 Å². The average Bonchev–Trinajstić information content (AvgIpc) is 2.52. The second kappa shape index (κ2) is 7.94. The molecule has 1 atom stereocenters. The Hall–Kier alpha value is -1.66. The standard InChI is InChI=1S/C17H20F5NO/c18-14-4-1-5-15(19)13(14)7-6-12-3-2-10-23(11-12)16(24)8-9-17(20,21)22/h1,4-5,12H,2-3,6-11H2. The highest BCUT2D eigenvalue weighted by molar-refractivity contribution is 5.76. The van der Waals surface area contributed by atoms with Gasteiger partial charge in [0.05, 0.1) is 6.42 Å². The second-order valence-electron chi connectivity index (χ2n) is 6.20. The summed E-state index contributed by atoms with van der Waals surface area (Å²) in [7, 11) is 0. The number of alkyl halides is 3. The fourth-order valence-electron chi connectivity index (χ4n) is 3.05. The molecule has 1 aromatic carbocycles. The molecule has 0 saturated carbocycles. The number of piperidine rings is 1. The number of carbonyl (C=O) groups is 1. The van der Waals surface area contributed by atoms with Crippen LogP contribution in [0.4, 0.5) is 22.0 Å². The van der Waals surface area contributed by atoms with Gasteiger partial charge in [0, 0.05) is 25.1 Å². The number of likely N-dealkylation sites (tertiary alicyclic amines) is 1. The van der Waals surface area contributed by atoms with Crippen molar-refractivity contribution in [1.82, 2.24) is 4.90 Å². The molecule has 2 nitrogen and oxygen atoms in total. The lowest BCUT2D eigenvalue weighted by Gasteiger charge is -2.33. The quantitative estimate of drug-likeness (QED) is 0.718. The van der Waals surface area contributed by atoms with Crippen LogP contribution in [0.1, 0.15) is 37.7 Å². The van der Waals surface area contributed by atoms with Gasteiger partial charge >= 0.3 is 6.18 Å². The molecule has 0 bridgehead atoms. The molecule has 0 spiro atoms. The highest BCUT2D eigenvalue weighted by atomic mass is 19.4. The minimum Gasteiger partial charge on any atom is -0.342 e. The van der Waals surface area contributed by atoms with E-state index < -0.39 is 36.6 Å². The third-order valence-corrected chi connectivity index (χ3v) is 4.36. The maximum absolute atomic E-state index is 13.6. The van der Waals surface area contributed by atoms with Gasteiger partial charge in [0.15, 0.2) is 0 Å². The van der Waals surface area contributed by atoms with Crippen LogP contribution >= 0.6 is 0 Å². The van der Waals surface area contributed by atoms with E-state index in [1.165, 1.54) is 23.1 Å². The minimum atomic E-state index is -4.34. The van der Waals surface area contributed by atoms with Crippen molar-refractivity contribution in [3.05, 3.63) is 35.4 Å². The van der Waals surface area contributed by atoms with Crippen LogP contribution in [0, 0.1) is 17.6 Å². The molecule has 1 heterocycles. The smallest absolute Gasteiger partial charge is 0.342 e. The second-order valence-corrected chi connectivity index (χ2v) is 6.20. The number of benzene rings is 1. The molecule has 0 radical (unpaired) electrons. The lowest BCUT2D eigenvalue weighted by molar-refractivity contribution is -0.150. The lowest BCUT2D eigenvalue weighted by atomic mass is 9.91. The minimum absolute atomic E-state index is 0.0259. The third-order valence-electron chi connectivity index (χ3n) is 4.36. The molecular weight excluding hydrogens is 329 g/mol. The molecule has 1 aliphatic rings. The monoisotopic (exact) mass is 349 g/mol. The van der Waals surface area contributed by atoms with E-state index in [1.54, 1.807) is 0 Å². The fourth-order valence-corrected chi connectivity index (χ4v) is 3.05. The van der Waals surface area contributed by atoms with E-state index in [0.29, 0.717) is 25.9 Å². The van der Waals surface area contributed by atoms with Crippen LogP contribution in [0.2, 0.25) is 0 Å². The molecule has 24 heavy (non-hydrogen) atoms. The Balaban J connectivity index is 1.86. The number of nitrogens with zero attached hydrogens (tertiary/aromatic N) is 1. The molecule has 1 aliphatic heterocycles. The Kier molecular flexibility index (Phi) is 6.18. The molecular formula is C17H20F5NO. The van der Waals surface area contributed by atoms with Gasteiger partial charge in [-0.15, -0.1) is 0 Å². The summed E-state index contributed by atoms with van der Waals surface area (Å²) in [5.41, 5.74) is 0.0259. The highest BCUT2D eigenvalue weighted by Gasteiger charge is 2.30. The van der Waals surface area contributed by atoms with Gasteiger partial charge in [-0.3, -0.25) is 4.79 Å². The first kappa shape index (κ1) is 18.7. The predicted molar refractivity (Wildman–Crippen MR) is 79.3 cm³/mol. The maximum atomic E-state index is 13.6. The predicted octanol–water partition coefficient (Wildman–Crippen LogP) is 4.48. The topological polar surface area (TPSA) is 20.3 Å². The van der Waals surface area contributed by atoms with E-state index in [9.17, 15) is 26.7 Å². The van der Waals surface area contributed by atoms with Crippen molar-refractivity contribution in [2.75, 3.05) is 13.1 Å². The Morgan fingerprint density at radius 1 is 1.21 bits per heavy atom. The van der Waals surface area contributed by atoms with Crippen molar-refractivity contribution < 1.29 is 26.7 Å². The van der Waals surface area contributed by atoms with E-state index in [0.717, 1.165) is 6.42 Å². The third kappa shape index (κ3) is 5.46. The van der Waals surface area contributed by atoms with Crippen LogP contribution in [0.25, 0.3) is 0 Å². The van der Waals surface area contributed by atoms with E-state index >= 15 is 0 Å². The van der Waals surface area contributed by atoms with Gasteiger partial charge in [-0.2, -0.15) is 13.2 Å². The summed E-state index contributed by atoms with van der Waals surface area (Å²) in [6, 6.07) is 3.70.